The fourth-order valence-corrected chi connectivity index (χ4v) is 3.49. The van der Waals surface area contributed by atoms with Gasteiger partial charge in [-0.2, -0.15) is 0 Å². The van der Waals surface area contributed by atoms with Crippen LogP contribution in [0.15, 0.2) is 60.7 Å². The van der Waals surface area contributed by atoms with Crippen LogP contribution in [0.2, 0.25) is 0 Å². The first-order chi connectivity index (χ1) is 13.6. The van der Waals surface area contributed by atoms with Gasteiger partial charge in [0.05, 0.1) is 13.2 Å². The lowest BCUT2D eigenvalue weighted by atomic mass is 9.95. The van der Waals surface area contributed by atoms with E-state index in [1.807, 2.05) is 60.7 Å². The van der Waals surface area contributed by atoms with E-state index in [2.05, 4.69) is 0 Å². The minimum atomic E-state index is -2.80. The smallest absolute Gasteiger partial charge is 0.294 e. The van der Waals surface area contributed by atoms with E-state index in [0.717, 1.165) is 18.2 Å². The highest BCUT2D eigenvalue weighted by molar-refractivity contribution is 5.17. The van der Waals surface area contributed by atoms with E-state index in [4.69, 9.17) is 23.7 Å². The third-order valence-electron chi connectivity index (χ3n) is 5.01. The van der Waals surface area contributed by atoms with E-state index in [1.165, 1.54) is 0 Å². The molecule has 0 bridgehead atoms. The van der Waals surface area contributed by atoms with E-state index < -0.39 is 36.8 Å². The van der Waals surface area contributed by atoms with Crippen molar-refractivity contribution in [3.05, 3.63) is 71.8 Å². The van der Waals surface area contributed by atoms with E-state index in [9.17, 15) is 4.39 Å². The molecule has 28 heavy (non-hydrogen) atoms. The fraction of sp³-hybridized carbons (Fsp3) is 0.429. The van der Waals surface area contributed by atoms with Gasteiger partial charge in [-0.25, -0.2) is 8.78 Å². The lowest BCUT2D eigenvalue weighted by molar-refractivity contribution is -0.404. The van der Waals surface area contributed by atoms with Crippen molar-refractivity contribution in [2.75, 3.05) is 13.7 Å². The van der Waals surface area contributed by atoms with Crippen LogP contribution in [-0.4, -0.2) is 44.2 Å². The highest BCUT2D eigenvalue weighted by atomic mass is 19.2. The Morgan fingerprint density at radius 2 is 1.71 bits per heavy atom. The molecule has 0 N–H and O–H groups in total. The highest BCUT2D eigenvalue weighted by Gasteiger charge is 2.61. The Morgan fingerprint density at radius 1 is 1.04 bits per heavy atom. The summed E-state index contributed by atoms with van der Waals surface area (Å²) in [6, 6.07) is 18.5. The van der Waals surface area contributed by atoms with Crippen molar-refractivity contribution < 1.29 is 32.5 Å². The second kappa shape index (κ2) is 8.23. The molecular formula is C21H22F2O5. The molecule has 2 aromatic carbocycles. The molecule has 2 aliphatic heterocycles. The Balaban J connectivity index is 1.58. The van der Waals surface area contributed by atoms with Crippen LogP contribution >= 0.6 is 0 Å². The number of hydrogen-bond donors (Lipinski definition) is 0. The molecule has 150 valence electrons. The van der Waals surface area contributed by atoms with Crippen LogP contribution in [0.4, 0.5) is 8.78 Å². The zero-order valence-electron chi connectivity index (χ0n) is 15.4. The molecule has 2 aliphatic rings. The zero-order valence-corrected chi connectivity index (χ0v) is 15.4. The first-order valence-corrected chi connectivity index (χ1v) is 9.13. The van der Waals surface area contributed by atoms with Crippen LogP contribution in [0.3, 0.4) is 0 Å². The average Bonchev–Trinajstić information content (AvgIpc) is 2.75. The molecule has 2 aromatic rings. The molecule has 0 unspecified atom stereocenters. The van der Waals surface area contributed by atoms with E-state index in [1.54, 1.807) is 0 Å². The molecule has 7 heteroatoms. The molecule has 6 atom stereocenters. The Morgan fingerprint density at radius 3 is 2.39 bits per heavy atom. The molecule has 0 aliphatic carbocycles. The monoisotopic (exact) mass is 392 g/mol. The quantitative estimate of drug-likeness (QED) is 0.777. The summed E-state index contributed by atoms with van der Waals surface area (Å²) in [4.78, 5) is 0. The van der Waals surface area contributed by atoms with Gasteiger partial charge in [-0.15, -0.1) is 0 Å². The molecule has 0 aromatic heterocycles. The van der Waals surface area contributed by atoms with Crippen molar-refractivity contribution in [2.24, 2.45) is 0 Å². The third-order valence-corrected chi connectivity index (χ3v) is 5.01. The van der Waals surface area contributed by atoms with Gasteiger partial charge in [0.1, 0.15) is 12.2 Å². The largest absolute Gasteiger partial charge is 0.365 e. The van der Waals surface area contributed by atoms with Gasteiger partial charge in [-0.1, -0.05) is 60.7 Å². The molecular weight excluding hydrogens is 370 g/mol. The van der Waals surface area contributed by atoms with Crippen LogP contribution in [0.25, 0.3) is 0 Å². The maximum Gasteiger partial charge on any atom is 0.294 e. The van der Waals surface area contributed by atoms with E-state index in [0.29, 0.717) is 0 Å². The molecule has 5 nitrogen and oxygen atoms in total. The Kier molecular flexibility index (Phi) is 5.70. The van der Waals surface area contributed by atoms with Crippen molar-refractivity contribution in [3.63, 3.8) is 0 Å². The number of methoxy groups -OCH3 is 1. The predicted molar refractivity (Wildman–Crippen MR) is 95.6 cm³/mol. The lowest BCUT2D eigenvalue weighted by Crippen LogP contribution is -2.67. The number of hydrogen-bond acceptors (Lipinski definition) is 5. The first-order valence-electron chi connectivity index (χ1n) is 9.13. The molecule has 2 fully saturated rings. The maximum atomic E-state index is 15.4. The fourth-order valence-electron chi connectivity index (χ4n) is 3.49. The number of fused-ring (bicyclic) bond motifs is 1. The summed E-state index contributed by atoms with van der Waals surface area (Å²) in [5.41, 5.74) is 1.60. The predicted octanol–water partition coefficient (Wildman–Crippen LogP) is 3.69. The standard InChI is InChI=1S/C21H22F2O5/c1-24-21(23)18(25-12-14-8-4-2-5-9-14)17-16(27-20(21)22)13-26-19(28-17)15-10-6-3-7-11-15/h2-11,16-20H,12-13H2,1H3/t16-,17-,18+,19-,20+,21+/m1/s1. The SMILES string of the molecule is CO[C@]1(F)[C@@H](F)O[C@@H]2CO[C@@H](c3ccccc3)O[C@H]2[C@@H]1OCc1ccccc1. The second-order valence-corrected chi connectivity index (χ2v) is 6.79. The summed E-state index contributed by atoms with van der Waals surface area (Å²) in [5.74, 6) is -2.80. The van der Waals surface area contributed by atoms with Gasteiger partial charge in [0, 0.05) is 12.7 Å². The van der Waals surface area contributed by atoms with Crippen molar-refractivity contribution in [2.45, 2.75) is 43.4 Å². The Labute approximate surface area is 162 Å². The number of rotatable bonds is 5. The van der Waals surface area contributed by atoms with Crippen molar-refractivity contribution >= 4 is 0 Å². The van der Waals surface area contributed by atoms with Gasteiger partial charge < -0.3 is 23.7 Å². The zero-order chi connectivity index (χ0) is 19.6. The summed E-state index contributed by atoms with van der Waals surface area (Å²) in [5, 5.41) is 0. The van der Waals surface area contributed by atoms with Crippen molar-refractivity contribution in [3.8, 4) is 0 Å². The topological polar surface area (TPSA) is 46.2 Å². The van der Waals surface area contributed by atoms with Gasteiger partial charge in [0.15, 0.2) is 12.4 Å². The number of halogens is 2. The summed E-state index contributed by atoms with van der Waals surface area (Å²) in [6.07, 6.45) is -6.10. The maximum absolute atomic E-state index is 15.4. The summed E-state index contributed by atoms with van der Waals surface area (Å²) >= 11 is 0. The molecule has 0 radical (unpaired) electrons. The average molecular weight is 392 g/mol. The molecule has 0 spiro atoms. The van der Waals surface area contributed by atoms with Crippen molar-refractivity contribution in [1.29, 1.82) is 0 Å². The van der Waals surface area contributed by atoms with Gasteiger partial charge in [-0.05, 0) is 5.56 Å². The molecule has 0 amide bonds. The van der Waals surface area contributed by atoms with Crippen LogP contribution in [0.1, 0.15) is 17.4 Å². The lowest BCUT2D eigenvalue weighted by Gasteiger charge is -2.49. The summed E-state index contributed by atoms with van der Waals surface area (Å²) < 4.78 is 57.3. The van der Waals surface area contributed by atoms with Crippen LogP contribution in [0, 0.1) is 0 Å². The minimum absolute atomic E-state index is 0.0512. The Bertz CT molecular complexity index is 762. The van der Waals surface area contributed by atoms with Crippen LogP contribution in [-0.2, 0) is 30.3 Å². The van der Waals surface area contributed by atoms with Gasteiger partial charge >= 0.3 is 0 Å². The van der Waals surface area contributed by atoms with E-state index in [-0.39, 0.29) is 13.2 Å². The molecule has 0 saturated carbocycles. The van der Waals surface area contributed by atoms with E-state index >= 15 is 4.39 Å². The normalized spacial score (nSPS) is 35.3. The summed E-state index contributed by atoms with van der Waals surface area (Å²) in [7, 11) is 1.09. The first kappa shape index (κ1) is 19.4. The summed E-state index contributed by atoms with van der Waals surface area (Å²) in [6.45, 7) is 0.131. The van der Waals surface area contributed by atoms with Crippen LogP contribution in [0.5, 0.6) is 0 Å². The number of alkyl halides is 2. The van der Waals surface area contributed by atoms with Gasteiger partial charge in [0.2, 0.25) is 0 Å². The number of ether oxygens (including phenoxy) is 5. The minimum Gasteiger partial charge on any atom is -0.365 e. The molecule has 2 heterocycles. The third kappa shape index (κ3) is 3.68. The highest BCUT2D eigenvalue weighted by Crippen LogP contribution is 2.42. The van der Waals surface area contributed by atoms with Crippen molar-refractivity contribution in [1.82, 2.24) is 0 Å². The number of benzene rings is 2. The van der Waals surface area contributed by atoms with Gasteiger partial charge in [0.25, 0.3) is 12.2 Å². The molecule has 2 saturated heterocycles. The van der Waals surface area contributed by atoms with Crippen LogP contribution < -0.4 is 0 Å². The molecule has 4 rings (SSSR count). The Hall–Kier alpha value is -1.90. The second-order valence-electron chi connectivity index (χ2n) is 6.79. The van der Waals surface area contributed by atoms with Gasteiger partial charge in [-0.3, -0.25) is 0 Å².